The van der Waals surface area contributed by atoms with Crippen LogP contribution in [-0.4, -0.2) is 0 Å². The Morgan fingerprint density at radius 1 is 0.322 bits per heavy atom. The van der Waals surface area contributed by atoms with E-state index >= 15 is 0 Å². The second kappa shape index (κ2) is 12.2. The fourth-order valence-electron chi connectivity index (χ4n) is 10.8. The Labute approximate surface area is 350 Å². The highest BCUT2D eigenvalue weighted by atomic mass is 32.1. The molecule has 1 aliphatic rings. The van der Waals surface area contributed by atoms with Crippen molar-refractivity contribution < 1.29 is 0 Å². The molecule has 276 valence electrons. The average Bonchev–Trinajstić information content (AvgIpc) is 3.92. The lowest BCUT2D eigenvalue weighted by molar-refractivity contribution is 0.662. The van der Waals surface area contributed by atoms with Crippen LogP contribution < -0.4 is 0 Å². The molecule has 0 atom stereocenters. The molecule has 10 aromatic carbocycles. The van der Waals surface area contributed by atoms with Crippen LogP contribution in [0.25, 0.3) is 117 Å². The molecule has 0 amide bonds. The minimum absolute atomic E-state index is 0.195. The molecule has 2 heteroatoms. The average molecular weight is 785 g/mol. The van der Waals surface area contributed by atoms with Crippen molar-refractivity contribution in [3.63, 3.8) is 0 Å². The van der Waals surface area contributed by atoms with E-state index in [1.165, 1.54) is 128 Å². The third-order valence-electron chi connectivity index (χ3n) is 13.2. The van der Waals surface area contributed by atoms with Gasteiger partial charge < -0.3 is 0 Å². The van der Waals surface area contributed by atoms with Crippen molar-refractivity contribution in [3.8, 4) is 44.5 Å². The van der Waals surface area contributed by atoms with Crippen LogP contribution in [-0.2, 0) is 5.41 Å². The standard InChI is InChI=1S/C57H36S2/c1-57(2)46-28-27-34(52-39-21-10-8-19-37(39)51(33-15-4-3-5-16-33)38-20-9-11-22-40(38)52)31-45(46)42-25-14-24-41(56(42)57)44-32-50-53(36-18-7-6-17-35(36)44)55-49(59-50)30-29-48-54(55)43-23-12-13-26-47(43)58-48/h3-32H,1-2H3. The summed E-state index contributed by atoms with van der Waals surface area (Å²) in [6.45, 7) is 4.86. The van der Waals surface area contributed by atoms with Gasteiger partial charge in [-0.25, -0.2) is 0 Å². The maximum atomic E-state index is 2.51. The molecule has 0 radical (unpaired) electrons. The van der Waals surface area contributed by atoms with Crippen molar-refractivity contribution in [2.24, 2.45) is 0 Å². The van der Waals surface area contributed by atoms with Gasteiger partial charge in [0.25, 0.3) is 0 Å². The van der Waals surface area contributed by atoms with Crippen LogP contribution in [0.1, 0.15) is 25.0 Å². The summed E-state index contributed by atoms with van der Waals surface area (Å²) in [6.07, 6.45) is 0. The molecule has 0 fully saturated rings. The Morgan fingerprint density at radius 3 is 1.54 bits per heavy atom. The van der Waals surface area contributed by atoms with E-state index in [1.807, 2.05) is 22.7 Å². The van der Waals surface area contributed by atoms with E-state index in [2.05, 4.69) is 196 Å². The highest BCUT2D eigenvalue weighted by molar-refractivity contribution is 7.28. The summed E-state index contributed by atoms with van der Waals surface area (Å²) < 4.78 is 5.42. The molecule has 0 bridgehead atoms. The molecule has 0 aliphatic heterocycles. The Morgan fingerprint density at radius 2 is 0.847 bits per heavy atom. The Balaban J connectivity index is 1.05. The van der Waals surface area contributed by atoms with Crippen molar-refractivity contribution in [1.82, 2.24) is 0 Å². The summed E-state index contributed by atoms with van der Waals surface area (Å²) in [5.74, 6) is 0. The highest BCUT2D eigenvalue weighted by Gasteiger charge is 2.38. The van der Waals surface area contributed by atoms with E-state index in [9.17, 15) is 0 Å². The summed E-state index contributed by atoms with van der Waals surface area (Å²) in [5, 5.41) is 13.3. The first-order chi connectivity index (χ1) is 29.0. The second-order valence-corrected chi connectivity index (χ2v) is 18.8. The van der Waals surface area contributed by atoms with Gasteiger partial charge in [0.2, 0.25) is 0 Å². The zero-order valence-corrected chi connectivity index (χ0v) is 34.3. The number of hydrogen-bond acceptors (Lipinski definition) is 2. The number of rotatable bonds is 3. The first-order valence-corrected chi connectivity index (χ1v) is 22.1. The summed E-state index contributed by atoms with van der Waals surface area (Å²) in [5.41, 5.74) is 13.0. The number of thiophene rings is 2. The lowest BCUT2D eigenvalue weighted by Crippen LogP contribution is -2.16. The molecule has 0 saturated heterocycles. The van der Waals surface area contributed by atoms with Crippen LogP contribution in [0, 0.1) is 0 Å². The SMILES string of the molecule is CC1(C)c2ccc(-c3c4ccccc4c(-c4ccccc4)c4ccccc34)cc2-c2cccc(-c3cc4sc5ccc6sc7ccccc7c6c5c4c4ccccc34)c21. The minimum atomic E-state index is -0.195. The van der Waals surface area contributed by atoms with Gasteiger partial charge in [0.15, 0.2) is 0 Å². The Bertz CT molecular complexity index is 3690. The van der Waals surface area contributed by atoms with Crippen molar-refractivity contribution in [2.75, 3.05) is 0 Å². The fraction of sp³-hybridized carbons (Fsp3) is 0.0526. The molecule has 0 unspecified atom stereocenters. The molecular weight excluding hydrogens is 749 g/mol. The van der Waals surface area contributed by atoms with Gasteiger partial charge >= 0.3 is 0 Å². The maximum absolute atomic E-state index is 2.51. The van der Waals surface area contributed by atoms with Gasteiger partial charge in [-0.15, -0.1) is 22.7 Å². The molecule has 13 rings (SSSR count). The summed E-state index contributed by atoms with van der Waals surface area (Å²) in [4.78, 5) is 0. The van der Waals surface area contributed by atoms with E-state index < -0.39 is 0 Å². The van der Waals surface area contributed by atoms with E-state index in [0.29, 0.717) is 0 Å². The molecule has 2 heterocycles. The number of hydrogen-bond donors (Lipinski definition) is 0. The number of fused-ring (bicyclic) bond motifs is 14. The van der Waals surface area contributed by atoms with E-state index in [4.69, 9.17) is 0 Å². The van der Waals surface area contributed by atoms with Crippen LogP contribution in [0.4, 0.5) is 0 Å². The van der Waals surface area contributed by atoms with Gasteiger partial charge in [-0.1, -0.05) is 166 Å². The lowest BCUT2D eigenvalue weighted by Gasteiger charge is -2.25. The van der Waals surface area contributed by atoms with Gasteiger partial charge in [0, 0.05) is 45.8 Å². The summed E-state index contributed by atoms with van der Waals surface area (Å²) in [7, 11) is 0. The zero-order valence-electron chi connectivity index (χ0n) is 32.6. The lowest BCUT2D eigenvalue weighted by atomic mass is 9.78. The first kappa shape index (κ1) is 33.4. The quantitative estimate of drug-likeness (QED) is 0.157. The van der Waals surface area contributed by atoms with Gasteiger partial charge in [0.05, 0.1) is 0 Å². The smallest absolute Gasteiger partial charge is 0.0368 e. The van der Waals surface area contributed by atoms with E-state index in [1.54, 1.807) is 0 Å². The molecule has 59 heavy (non-hydrogen) atoms. The second-order valence-electron chi connectivity index (χ2n) is 16.7. The van der Waals surface area contributed by atoms with Crippen molar-refractivity contribution in [2.45, 2.75) is 19.3 Å². The summed E-state index contributed by atoms with van der Waals surface area (Å²) in [6, 6.07) is 68.4. The third kappa shape index (κ3) is 4.59. The van der Waals surface area contributed by atoms with Gasteiger partial charge in [0.1, 0.15) is 0 Å². The summed E-state index contributed by atoms with van der Waals surface area (Å²) >= 11 is 3.84. The van der Waals surface area contributed by atoms with Gasteiger partial charge in [-0.3, -0.25) is 0 Å². The van der Waals surface area contributed by atoms with Crippen LogP contribution in [0.3, 0.4) is 0 Å². The van der Waals surface area contributed by atoms with Crippen LogP contribution in [0.2, 0.25) is 0 Å². The molecule has 2 aromatic heterocycles. The molecule has 1 aliphatic carbocycles. The van der Waals surface area contributed by atoms with E-state index in [-0.39, 0.29) is 5.41 Å². The van der Waals surface area contributed by atoms with Gasteiger partial charge in [-0.05, 0) is 118 Å². The molecule has 0 saturated carbocycles. The van der Waals surface area contributed by atoms with E-state index in [0.717, 1.165) is 0 Å². The van der Waals surface area contributed by atoms with Crippen LogP contribution in [0.5, 0.6) is 0 Å². The Hall–Kier alpha value is -6.58. The first-order valence-electron chi connectivity index (χ1n) is 20.5. The zero-order chi connectivity index (χ0) is 39.0. The fourth-order valence-corrected chi connectivity index (χ4v) is 13.1. The number of benzene rings is 10. The Kier molecular flexibility index (Phi) is 6.92. The molecular formula is C57H36S2. The molecule has 0 nitrogen and oxygen atoms in total. The molecule has 0 spiro atoms. The predicted octanol–water partition coefficient (Wildman–Crippen LogP) is 17.2. The molecule has 0 N–H and O–H groups in total. The molecule has 12 aromatic rings. The van der Waals surface area contributed by atoms with Gasteiger partial charge in [-0.2, -0.15) is 0 Å². The minimum Gasteiger partial charge on any atom is -0.135 e. The van der Waals surface area contributed by atoms with Crippen molar-refractivity contribution >= 4 is 95.3 Å². The third-order valence-corrected chi connectivity index (χ3v) is 15.5. The van der Waals surface area contributed by atoms with Crippen LogP contribution >= 0.6 is 22.7 Å². The maximum Gasteiger partial charge on any atom is 0.0368 e. The normalized spacial score (nSPS) is 13.4. The largest absolute Gasteiger partial charge is 0.135 e. The highest BCUT2D eigenvalue weighted by Crippen LogP contribution is 2.56. The topological polar surface area (TPSA) is 0 Å². The van der Waals surface area contributed by atoms with Crippen molar-refractivity contribution in [3.05, 3.63) is 193 Å². The van der Waals surface area contributed by atoms with Crippen LogP contribution in [0.15, 0.2) is 182 Å². The van der Waals surface area contributed by atoms with Crippen molar-refractivity contribution in [1.29, 1.82) is 0 Å². The predicted molar refractivity (Wildman–Crippen MR) is 259 cm³/mol. The monoisotopic (exact) mass is 784 g/mol.